The van der Waals surface area contributed by atoms with E-state index in [1.54, 1.807) is 0 Å². The molecule has 18 heavy (non-hydrogen) atoms. The summed E-state index contributed by atoms with van der Waals surface area (Å²) >= 11 is 0. The molecule has 0 saturated heterocycles. The second kappa shape index (κ2) is 3.96. The van der Waals surface area contributed by atoms with Gasteiger partial charge in [0.05, 0.1) is 5.60 Å². The molecule has 1 nitrogen and oxygen atoms in total. The maximum Gasteiger partial charge on any atom is 0.0979 e. The van der Waals surface area contributed by atoms with Gasteiger partial charge in [-0.2, -0.15) is 0 Å². The highest BCUT2D eigenvalue weighted by Gasteiger charge is 2.37. The summed E-state index contributed by atoms with van der Waals surface area (Å²) in [5.74, 6) is 0. The second-order valence-corrected chi connectivity index (χ2v) is 5.47. The van der Waals surface area contributed by atoms with Crippen LogP contribution in [-0.4, -0.2) is 5.11 Å². The van der Waals surface area contributed by atoms with E-state index >= 15 is 0 Å². The Balaban J connectivity index is 2.04. The van der Waals surface area contributed by atoms with Gasteiger partial charge >= 0.3 is 0 Å². The zero-order chi connectivity index (χ0) is 12.8. The molecule has 0 spiro atoms. The summed E-state index contributed by atoms with van der Waals surface area (Å²) in [4.78, 5) is 0. The Morgan fingerprint density at radius 2 is 1.56 bits per heavy atom. The largest absolute Gasteiger partial charge is 0.384 e. The third-order valence-corrected chi connectivity index (χ3v) is 3.97. The lowest BCUT2D eigenvalue weighted by Gasteiger charge is -2.25. The highest BCUT2D eigenvalue weighted by Crippen LogP contribution is 2.38. The number of benzene rings is 2. The molecule has 2 aromatic carbocycles. The normalized spacial score (nSPS) is 16.6. The van der Waals surface area contributed by atoms with E-state index in [2.05, 4.69) is 44.2 Å². The summed E-state index contributed by atoms with van der Waals surface area (Å²) in [6.07, 6.45) is 1.46. The minimum Gasteiger partial charge on any atom is -0.384 e. The molecule has 2 aromatic rings. The van der Waals surface area contributed by atoms with Crippen molar-refractivity contribution in [1.82, 2.24) is 0 Å². The molecule has 92 valence electrons. The minimum absolute atomic E-state index is 0.721. The van der Waals surface area contributed by atoms with E-state index in [4.69, 9.17) is 0 Å². The number of aliphatic hydroxyl groups is 1. The highest BCUT2D eigenvalue weighted by molar-refractivity contribution is 5.43. The van der Waals surface area contributed by atoms with Gasteiger partial charge < -0.3 is 5.11 Å². The SMILES string of the molecule is Cc1ccc(C2(O)Cc3ccccc3C2)c(C)c1. The standard InChI is InChI=1S/C17H18O/c1-12-7-8-16(13(2)9-12)17(18)10-14-5-3-4-6-15(14)11-17/h3-9,18H,10-11H2,1-2H3. The molecule has 3 rings (SSSR count). The van der Waals surface area contributed by atoms with Crippen LogP contribution in [-0.2, 0) is 18.4 Å². The van der Waals surface area contributed by atoms with E-state index in [0.29, 0.717) is 0 Å². The maximum absolute atomic E-state index is 11.0. The fourth-order valence-corrected chi connectivity index (χ4v) is 3.12. The molecular weight excluding hydrogens is 220 g/mol. The first kappa shape index (κ1) is 11.5. The number of aryl methyl sites for hydroxylation is 2. The quantitative estimate of drug-likeness (QED) is 0.808. The topological polar surface area (TPSA) is 20.2 Å². The van der Waals surface area contributed by atoms with Gasteiger partial charge in [0.2, 0.25) is 0 Å². The van der Waals surface area contributed by atoms with E-state index in [0.717, 1.165) is 18.4 Å². The van der Waals surface area contributed by atoms with Gasteiger partial charge in [-0.1, -0.05) is 48.0 Å². The number of hydrogen-bond donors (Lipinski definition) is 1. The molecule has 1 aliphatic carbocycles. The summed E-state index contributed by atoms with van der Waals surface area (Å²) < 4.78 is 0. The van der Waals surface area contributed by atoms with Gasteiger partial charge in [0.1, 0.15) is 0 Å². The van der Waals surface area contributed by atoms with Gasteiger partial charge in [0.25, 0.3) is 0 Å². The predicted molar refractivity (Wildman–Crippen MR) is 73.7 cm³/mol. The molecule has 1 aliphatic rings. The zero-order valence-electron chi connectivity index (χ0n) is 10.9. The zero-order valence-corrected chi connectivity index (χ0v) is 10.9. The minimum atomic E-state index is -0.721. The Morgan fingerprint density at radius 1 is 0.944 bits per heavy atom. The van der Waals surface area contributed by atoms with Crippen LogP contribution in [0.3, 0.4) is 0 Å². The van der Waals surface area contributed by atoms with Crippen LogP contribution >= 0.6 is 0 Å². The fraction of sp³-hybridized carbons (Fsp3) is 0.294. The van der Waals surface area contributed by atoms with E-state index in [9.17, 15) is 5.11 Å². The van der Waals surface area contributed by atoms with Crippen LogP contribution in [0.25, 0.3) is 0 Å². The number of hydrogen-bond acceptors (Lipinski definition) is 1. The first-order valence-corrected chi connectivity index (χ1v) is 6.45. The second-order valence-electron chi connectivity index (χ2n) is 5.47. The maximum atomic E-state index is 11.0. The smallest absolute Gasteiger partial charge is 0.0979 e. The van der Waals surface area contributed by atoms with Gasteiger partial charge in [-0.15, -0.1) is 0 Å². The average molecular weight is 238 g/mol. The van der Waals surface area contributed by atoms with Crippen molar-refractivity contribution < 1.29 is 5.11 Å². The Morgan fingerprint density at radius 3 is 2.11 bits per heavy atom. The summed E-state index contributed by atoms with van der Waals surface area (Å²) in [6.45, 7) is 4.17. The van der Waals surface area contributed by atoms with Crippen molar-refractivity contribution in [3.05, 3.63) is 70.3 Å². The van der Waals surface area contributed by atoms with Crippen LogP contribution in [0.1, 0.15) is 27.8 Å². The molecule has 0 fully saturated rings. The van der Waals surface area contributed by atoms with E-state index in [-0.39, 0.29) is 0 Å². The summed E-state index contributed by atoms with van der Waals surface area (Å²) in [7, 11) is 0. The van der Waals surface area contributed by atoms with Crippen LogP contribution in [0.5, 0.6) is 0 Å². The lowest BCUT2D eigenvalue weighted by atomic mass is 9.87. The first-order chi connectivity index (χ1) is 8.58. The molecule has 0 unspecified atom stereocenters. The monoisotopic (exact) mass is 238 g/mol. The van der Waals surface area contributed by atoms with Crippen LogP contribution in [0.4, 0.5) is 0 Å². The number of rotatable bonds is 1. The highest BCUT2D eigenvalue weighted by atomic mass is 16.3. The molecule has 1 heteroatoms. The van der Waals surface area contributed by atoms with E-state index < -0.39 is 5.60 Å². The predicted octanol–water partition coefficient (Wildman–Crippen LogP) is 3.29. The van der Waals surface area contributed by atoms with Crippen molar-refractivity contribution >= 4 is 0 Å². The molecule has 1 N–H and O–H groups in total. The molecule has 0 amide bonds. The van der Waals surface area contributed by atoms with Crippen LogP contribution in [0.15, 0.2) is 42.5 Å². The van der Waals surface area contributed by atoms with Gasteiger partial charge in [0.15, 0.2) is 0 Å². The Labute approximate surface area is 108 Å². The van der Waals surface area contributed by atoms with Gasteiger partial charge in [-0.3, -0.25) is 0 Å². The van der Waals surface area contributed by atoms with Crippen molar-refractivity contribution in [2.45, 2.75) is 32.3 Å². The van der Waals surface area contributed by atoms with Gasteiger partial charge in [-0.05, 0) is 36.1 Å². The van der Waals surface area contributed by atoms with Crippen molar-refractivity contribution in [2.24, 2.45) is 0 Å². The molecule has 0 bridgehead atoms. The van der Waals surface area contributed by atoms with Crippen molar-refractivity contribution in [3.8, 4) is 0 Å². The molecule has 0 heterocycles. The average Bonchev–Trinajstić information content (AvgIpc) is 2.65. The summed E-state index contributed by atoms with van der Waals surface area (Å²) in [5, 5.41) is 11.0. The van der Waals surface area contributed by atoms with Crippen molar-refractivity contribution in [1.29, 1.82) is 0 Å². The van der Waals surface area contributed by atoms with E-state index in [1.165, 1.54) is 22.3 Å². The molecule has 0 aromatic heterocycles. The van der Waals surface area contributed by atoms with Crippen LogP contribution < -0.4 is 0 Å². The molecule has 0 aliphatic heterocycles. The Bertz CT molecular complexity index is 573. The Kier molecular flexibility index (Phi) is 2.53. The summed E-state index contributed by atoms with van der Waals surface area (Å²) in [5.41, 5.74) is 5.34. The third-order valence-electron chi connectivity index (χ3n) is 3.97. The molecule has 0 atom stereocenters. The lowest BCUT2D eigenvalue weighted by Crippen LogP contribution is -2.27. The molecular formula is C17H18O. The van der Waals surface area contributed by atoms with Crippen LogP contribution in [0, 0.1) is 13.8 Å². The molecule has 0 radical (unpaired) electrons. The fourth-order valence-electron chi connectivity index (χ4n) is 3.12. The summed E-state index contributed by atoms with van der Waals surface area (Å²) in [6, 6.07) is 14.7. The van der Waals surface area contributed by atoms with Gasteiger partial charge in [-0.25, -0.2) is 0 Å². The van der Waals surface area contributed by atoms with Crippen LogP contribution in [0.2, 0.25) is 0 Å². The van der Waals surface area contributed by atoms with Gasteiger partial charge in [0, 0.05) is 12.8 Å². The van der Waals surface area contributed by atoms with Crippen molar-refractivity contribution in [3.63, 3.8) is 0 Å². The molecule has 0 saturated carbocycles. The van der Waals surface area contributed by atoms with Crippen molar-refractivity contribution in [2.75, 3.05) is 0 Å². The van der Waals surface area contributed by atoms with E-state index in [1.807, 2.05) is 12.1 Å². The number of fused-ring (bicyclic) bond motifs is 1. The Hall–Kier alpha value is -1.60. The lowest BCUT2D eigenvalue weighted by molar-refractivity contribution is 0.0476. The third kappa shape index (κ3) is 1.75. The first-order valence-electron chi connectivity index (χ1n) is 6.45.